The molecule has 0 amide bonds. The molecule has 0 spiro atoms. The van der Waals surface area contributed by atoms with Crippen LogP contribution in [0, 0.1) is 0 Å². The Bertz CT molecular complexity index is 708. The number of benzene rings is 2. The van der Waals surface area contributed by atoms with Crippen molar-refractivity contribution in [2.75, 3.05) is 7.05 Å². The second-order valence-electron chi connectivity index (χ2n) is 8.53. The average molecular weight is 404 g/mol. The number of halogens is 1. The maximum absolute atomic E-state index is 10.3. The van der Waals surface area contributed by atoms with E-state index in [0.29, 0.717) is 0 Å². The van der Waals surface area contributed by atoms with Crippen molar-refractivity contribution in [3.05, 3.63) is 69.2 Å². The molecule has 0 fully saturated rings. The second-order valence-corrected chi connectivity index (χ2v) is 9.44. The third kappa shape index (κ3) is 5.95. The molecule has 0 aliphatic rings. The van der Waals surface area contributed by atoms with Crippen LogP contribution >= 0.6 is 15.9 Å². The van der Waals surface area contributed by atoms with Gasteiger partial charge in [0.1, 0.15) is 0 Å². The molecule has 0 unspecified atom stereocenters. The Hall–Kier alpha value is -1.16. The molecule has 3 heteroatoms. The van der Waals surface area contributed by atoms with Crippen LogP contribution < -0.4 is 0 Å². The van der Waals surface area contributed by atoms with Crippen molar-refractivity contribution < 1.29 is 5.11 Å². The van der Waals surface area contributed by atoms with E-state index in [0.717, 1.165) is 23.1 Å². The summed E-state index contributed by atoms with van der Waals surface area (Å²) in [5.74, 6) is 0. The Morgan fingerprint density at radius 3 is 1.92 bits per heavy atom. The molecule has 0 aliphatic carbocycles. The number of aliphatic hydroxyl groups is 1. The molecule has 2 rings (SSSR count). The minimum atomic E-state index is -0.833. The van der Waals surface area contributed by atoms with E-state index in [-0.39, 0.29) is 5.41 Å². The summed E-state index contributed by atoms with van der Waals surface area (Å²) in [5.41, 5.74) is 4.16. The van der Waals surface area contributed by atoms with Gasteiger partial charge in [0.15, 0.2) is 0 Å². The van der Waals surface area contributed by atoms with Crippen LogP contribution in [0.2, 0.25) is 0 Å². The van der Waals surface area contributed by atoms with Gasteiger partial charge in [-0.2, -0.15) is 0 Å². The van der Waals surface area contributed by atoms with Crippen molar-refractivity contribution in [2.24, 2.45) is 0 Å². The van der Waals surface area contributed by atoms with Crippen molar-refractivity contribution in [1.82, 2.24) is 4.90 Å². The number of nitrogens with zero attached hydrogens (tertiary/aromatic N) is 1. The van der Waals surface area contributed by atoms with Crippen molar-refractivity contribution in [3.8, 4) is 0 Å². The van der Waals surface area contributed by atoms with E-state index < -0.39 is 5.60 Å². The highest BCUT2D eigenvalue weighted by molar-refractivity contribution is 9.10. The zero-order valence-corrected chi connectivity index (χ0v) is 17.8. The van der Waals surface area contributed by atoms with Gasteiger partial charge in [-0.25, -0.2) is 0 Å². The quantitative estimate of drug-likeness (QED) is 0.701. The fourth-order valence-electron chi connectivity index (χ4n) is 2.88. The predicted molar refractivity (Wildman–Crippen MR) is 110 cm³/mol. The maximum atomic E-state index is 10.3. The van der Waals surface area contributed by atoms with Gasteiger partial charge >= 0.3 is 0 Å². The van der Waals surface area contributed by atoms with Gasteiger partial charge in [0.25, 0.3) is 0 Å². The van der Waals surface area contributed by atoms with Gasteiger partial charge in [-0.1, -0.05) is 67.0 Å². The molecule has 0 saturated heterocycles. The van der Waals surface area contributed by atoms with Crippen LogP contribution in [0.1, 0.15) is 56.9 Å². The maximum Gasteiger partial charge on any atom is 0.0841 e. The Morgan fingerprint density at radius 2 is 1.40 bits per heavy atom. The summed E-state index contributed by atoms with van der Waals surface area (Å²) in [6.45, 7) is 12.1. The lowest BCUT2D eigenvalue weighted by Crippen LogP contribution is -2.19. The zero-order chi connectivity index (χ0) is 18.8. The molecular formula is C22H30BrNO. The number of hydrogen-bond donors (Lipinski definition) is 1. The SMILES string of the molecule is CN(Cc1ccc(C(C)(C)C)cc1)Cc1cc(Br)cc(C(C)(C)O)c1. The van der Waals surface area contributed by atoms with E-state index >= 15 is 0 Å². The zero-order valence-electron chi connectivity index (χ0n) is 16.2. The van der Waals surface area contributed by atoms with Crippen molar-refractivity contribution in [3.63, 3.8) is 0 Å². The highest BCUT2D eigenvalue weighted by Gasteiger charge is 2.17. The van der Waals surface area contributed by atoms with Gasteiger partial charge in [0, 0.05) is 17.6 Å². The Balaban J connectivity index is 2.08. The Labute approximate surface area is 161 Å². The van der Waals surface area contributed by atoms with Gasteiger partial charge in [-0.05, 0) is 60.7 Å². The summed E-state index contributed by atoms with van der Waals surface area (Å²) >= 11 is 3.56. The molecule has 0 bridgehead atoms. The molecule has 2 aromatic carbocycles. The largest absolute Gasteiger partial charge is 0.386 e. The summed E-state index contributed by atoms with van der Waals surface area (Å²) < 4.78 is 1.00. The third-order valence-electron chi connectivity index (χ3n) is 4.39. The van der Waals surface area contributed by atoms with Crippen LogP contribution in [0.3, 0.4) is 0 Å². The third-order valence-corrected chi connectivity index (χ3v) is 4.85. The van der Waals surface area contributed by atoms with Crippen molar-refractivity contribution >= 4 is 15.9 Å². The highest BCUT2D eigenvalue weighted by Crippen LogP contribution is 2.26. The summed E-state index contributed by atoms with van der Waals surface area (Å²) in [5, 5.41) is 10.3. The lowest BCUT2D eigenvalue weighted by atomic mass is 9.87. The summed E-state index contributed by atoms with van der Waals surface area (Å²) in [7, 11) is 2.13. The Kier molecular flexibility index (Phi) is 6.13. The van der Waals surface area contributed by atoms with E-state index in [4.69, 9.17) is 0 Å². The normalized spacial score (nSPS) is 12.7. The minimum absolute atomic E-state index is 0.189. The number of rotatable bonds is 5. The molecule has 0 aliphatic heterocycles. The molecule has 0 atom stereocenters. The average Bonchev–Trinajstić information content (AvgIpc) is 2.45. The van der Waals surface area contributed by atoms with Crippen LogP contribution in [-0.2, 0) is 24.1 Å². The van der Waals surface area contributed by atoms with Crippen LogP contribution in [0.5, 0.6) is 0 Å². The first-order chi connectivity index (χ1) is 11.4. The van der Waals surface area contributed by atoms with Gasteiger partial charge in [-0.15, -0.1) is 0 Å². The fraction of sp³-hybridized carbons (Fsp3) is 0.455. The molecular weight excluding hydrogens is 374 g/mol. The lowest BCUT2D eigenvalue weighted by Gasteiger charge is -2.22. The van der Waals surface area contributed by atoms with E-state index in [1.54, 1.807) is 0 Å². The molecule has 0 heterocycles. The van der Waals surface area contributed by atoms with Gasteiger partial charge in [0.05, 0.1) is 5.60 Å². The van der Waals surface area contributed by atoms with Crippen molar-refractivity contribution in [1.29, 1.82) is 0 Å². The van der Waals surface area contributed by atoms with Gasteiger partial charge in [0.2, 0.25) is 0 Å². The highest BCUT2D eigenvalue weighted by atomic mass is 79.9. The van der Waals surface area contributed by atoms with Crippen molar-refractivity contribution in [2.45, 2.75) is 58.7 Å². The van der Waals surface area contributed by atoms with E-state index in [1.165, 1.54) is 16.7 Å². The summed E-state index contributed by atoms with van der Waals surface area (Å²) in [6.07, 6.45) is 0. The first kappa shape index (κ1) is 20.2. The van der Waals surface area contributed by atoms with E-state index in [2.05, 4.69) is 85.0 Å². The predicted octanol–water partition coefficient (Wildman–Crippen LogP) is 5.61. The first-order valence-electron chi connectivity index (χ1n) is 8.75. The Morgan fingerprint density at radius 1 is 0.840 bits per heavy atom. The smallest absolute Gasteiger partial charge is 0.0841 e. The molecule has 1 N–H and O–H groups in total. The first-order valence-corrected chi connectivity index (χ1v) is 9.55. The second kappa shape index (κ2) is 7.61. The number of hydrogen-bond acceptors (Lipinski definition) is 2. The summed E-state index contributed by atoms with van der Waals surface area (Å²) in [4.78, 5) is 2.29. The topological polar surface area (TPSA) is 23.5 Å². The van der Waals surface area contributed by atoms with Crippen LogP contribution in [0.4, 0.5) is 0 Å². The lowest BCUT2D eigenvalue weighted by molar-refractivity contribution is 0.0784. The van der Waals surface area contributed by atoms with Crippen LogP contribution in [0.25, 0.3) is 0 Å². The minimum Gasteiger partial charge on any atom is -0.386 e. The molecule has 136 valence electrons. The molecule has 0 aromatic heterocycles. The standard InChI is InChI=1S/C22H30BrNO/c1-21(2,3)18-9-7-16(8-10-18)14-24(6)15-17-11-19(22(4,5)25)13-20(23)12-17/h7-13,25H,14-15H2,1-6H3. The fourth-order valence-corrected chi connectivity index (χ4v) is 3.42. The molecule has 2 aromatic rings. The van der Waals surface area contributed by atoms with Gasteiger partial charge in [-0.3, -0.25) is 4.90 Å². The molecule has 2 nitrogen and oxygen atoms in total. The molecule has 0 saturated carbocycles. The molecule has 25 heavy (non-hydrogen) atoms. The molecule has 0 radical (unpaired) electrons. The van der Waals surface area contributed by atoms with Gasteiger partial charge < -0.3 is 5.11 Å². The monoisotopic (exact) mass is 403 g/mol. The van der Waals surface area contributed by atoms with Crippen LogP contribution in [-0.4, -0.2) is 17.1 Å². The van der Waals surface area contributed by atoms with E-state index in [9.17, 15) is 5.11 Å². The van der Waals surface area contributed by atoms with E-state index in [1.807, 2.05) is 19.9 Å². The van der Waals surface area contributed by atoms with Crippen LogP contribution in [0.15, 0.2) is 46.9 Å². The summed E-state index contributed by atoms with van der Waals surface area (Å²) in [6, 6.07) is 15.1.